The highest BCUT2D eigenvalue weighted by atomic mass is 32.2. The van der Waals surface area contributed by atoms with Crippen LogP contribution in [0.2, 0.25) is 0 Å². The Morgan fingerprint density at radius 2 is 1.75 bits per heavy atom. The van der Waals surface area contributed by atoms with Crippen LogP contribution in [-0.2, 0) is 14.4 Å². The van der Waals surface area contributed by atoms with E-state index >= 15 is 0 Å². The molecule has 0 aliphatic carbocycles. The van der Waals surface area contributed by atoms with Crippen LogP contribution in [0.15, 0.2) is 47.4 Å². The predicted molar refractivity (Wildman–Crippen MR) is 107 cm³/mol. The van der Waals surface area contributed by atoms with E-state index in [1.807, 2.05) is 56.3 Å². The van der Waals surface area contributed by atoms with Gasteiger partial charge in [0, 0.05) is 11.3 Å². The summed E-state index contributed by atoms with van der Waals surface area (Å²) < 4.78 is 5.44. The van der Waals surface area contributed by atoms with Crippen LogP contribution in [0.1, 0.15) is 17.5 Å². The van der Waals surface area contributed by atoms with Crippen molar-refractivity contribution in [1.29, 1.82) is 0 Å². The first kappa shape index (κ1) is 19.8. The first-order valence-corrected chi connectivity index (χ1v) is 9.64. The van der Waals surface area contributed by atoms with Gasteiger partial charge in [-0.15, -0.1) is 11.8 Å². The Morgan fingerprint density at radius 1 is 1.07 bits per heavy atom. The van der Waals surface area contributed by atoms with Crippen molar-refractivity contribution in [3.8, 4) is 5.75 Å². The quantitative estimate of drug-likeness (QED) is 0.671. The van der Waals surface area contributed by atoms with Crippen LogP contribution >= 0.6 is 11.8 Å². The fraction of sp³-hybridized carbons (Fsp3) is 0.250. The number of anilines is 1. The van der Waals surface area contributed by atoms with Gasteiger partial charge in [-0.05, 0) is 49.2 Å². The molecule has 0 radical (unpaired) electrons. The Morgan fingerprint density at radius 3 is 2.50 bits per heavy atom. The number of ether oxygens (including phenoxy) is 1. The lowest BCUT2D eigenvalue weighted by Crippen LogP contribution is -2.45. The molecule has 3 amide bonds. The molecule has 2 aromatic carbocycles. The average Bonchev–Trinajstić information content (AvgIpc) is 2.64. The van der Waals surface area contributed by atoms with E-state index in [9.17, 15) is 14.4 Å². The largest absolute Gasteiger partial charge is 0.484 e. The molecule has 0 bridgehead atoms. The van der Waals surface area contributed by atoms with Crippen molar-refractivity contribution in [1.82, 2.24) is 10.9 Å². The summed E-state index contributed by atoms with van der Waals surface area (Å²) in [5.41, 5.74) is 7.44. The number of hydrazine groups is 1. The smallest absolute Gasteiger partial charge is 0.276 e. The van der Waals surface area contributed by atoms with Gasteiger partial charge in [-0.25, -0.2) is 0 Å². The van der Waals surface area contributed by atoms with Gasteiger partial charge in [0.2, 0.25) is 11.8 Å². The summed E-state index contributed by atoms with van der Waals surface area (Å²) in [5.74, 6) is -0.582. The summed E-state index contributed by atoms with van der Waals surface area (Å²) in [6.07, 6.45) is -0.0525. The molecular formula is C20H21N3O4S. The molecule has 3 N–H and O–H groups in total. The third-order valence-corrected chi connectivity index (χ3v) is 5.26. The molecule has 0 fully saturated rings. The minimum Gasteiger partial charge on any atom is -0.484 e. The fourth-order valence-electron chi connectivity index (χ4n) is 2.79. The van der Waals surface area contributed by atoms with Crippen molar-refractivity contribution in [2.45, 2.75) is 30.4 Å². The van der Waals surface area contributed by atoms with Crippen LogP contribution < -0.4 is 20.9 Å². The maximum absolute atomic E-state index is 12.1. The molecular weight excluding hydrogens is 378 g/mol. The summed E-state index contributed by atoms with van der Waals surface area (Å²) in [5, 5.41) is 2.22. The maximum Gasteiger partial charge on any atom is 0.276 e. The number of rotatable bonds is 5. The van der Waals surface area contributed by atoms with E-state index in [1.54, 1.807) is 0 Å². The molecule has 1 aliphatic rings. The molecule has 0 unspecified atom stereocenters. The number of para-hydroxylation sites is 1. The lowest BCUT2D eigenvalue weighted by atomic mass is 10.1. The number of carbonyl (C=O) groups excluding carboxylic acids is 3. The highest BCUT2D eigenvalue weighted by molar-refractivity contribution is 8.01. The summed E-state index contributed by atoms with van der Waals surface area (Å²) in [7, 11) is 0. The van der Waals surface area contributed by atoms with Gasteiger partial charge < -0.3 is 10.1 Å². The van der Waals surface area contributed by atoms with Crippen molar-refractivity contribution in [2.75, 3.05) is 11.9 Å². The molecule has 0 saturated carbocycles. The van der Waals surface area contributed by atoms with E-state index in [1.165, 1.54) is 11.8 Å². The predicted octanol–water partition coefficient (Wildman–Crippen LogP) is 2.33. The van der Waals surface area contributed by atoms with E-state index in [0.717, 1.165) is 21.7 Å². The molecule has 1 atom stereocenters. The second kappa shape index (κ2) is 8.79. The van der Waals surface area contributed by atoms with Crippen molar-refractivity contribution < 1.29 is 19.1 Å². The minimum atomic E-state index is -0.557. The van der Waals surface area contributed by atoms with E-state index in [4.69, 9.17) is 4.74 Å². The molecule has 1 aliphatic heterocycles. The monoisotopic (exact) mass is 399 g/mol. The van der Waals surface area contributed by atoms with Gasteiger partial charge in [-0.1, -0.05) is 18.2 Å². The van der Waals surface area contributed by atoms with Crippen molar-refractivity contribution in [3.05, 3.63) is 53.6 Å². The molecule has 2 aromatic rings. The number of benzene rings is 2. The van der Waals surface area contributed by atoms with E-state index in [0.29, 0.717) is 5.75 Å². The summed E-state index contributed by atoms with van der Waals surface area (Å²) in [6.45, 7) is 3.66. The molecule has 8 heteroatoms. The first-order valence-electron chi connectivity index (χ1n) is 8.76. The Hall–Kier alpha value is -3.00. The molecule has 28 heavy (non-hydrogen) atoms. The molecule has 0 spiro atoms. The molecule has 1 heterocycles. The highest BCUT2D eigenvalue weighted by Crippen LogP contribution is 2.36. The van der Waals surface area contributed by atoms with Crippen molar-refractivity contribution in [2.24, 2.45) is 0 Å². The topological polar surface area (TPSA) is 96.5 Å². The number of aryl methyl sites for hydroxylation is 2. The zero-order chi connectivity index (χ0) is 20.1. The summed E-state index contributed by atoms with van der Waals surface area (Å²) in [6, 6.07) is 13.1. The van der Waals surface area contributed by atoms with E-state index in [2.05, 4.69) is 16.2 Å². The van der Waals surface area contributed by atoms with Crippen LogP contribution in [-0.4, -0.2) is 29.6 Å². The second-order valence-corrected chi connectivity index (χ2v) is 7.75. The van der Waals surface area contributed by atoms with Crippen LogP contribution in [0.25, 0.3) is 0 Å². The lowest BCUT2D eigenvalue weighted by molar-refractivity contribution is -0.130. The van der Waals surface area contributed by atoms with Gasteiger partial charge >= 0.3 is 0 Å². The van der Waals surface area contributed by atoms with Gasteiger partial charge in [0.05, 0.1) is 10.9 Å². The maximum atomic E-state index is 12.1. The molecule has 0 saturated heterocycles. The summed E-state index contributed by atoms with van der Waals surface area (Å²) in [4.78, 5) is 37.0. The Bertz CT molecular complexity index is 896. The van der Waals surface area contributed by atoms with E-state index < -0.39 is 17.1 Å². The number of thioether (sulfide) groups is 1. The minimum absolute atomic E-state index is 0.0525. The van der Waals surface area contributed by atoms with Crippen molar-refractivity contribution >= 4 is 35.2 Å². The highest BCUT2D eigenvalue weighted by Gasteiger charge is 2.28. The number of nitrogens with one attached hydrogen (secondary N) is 3. The molecule has 3 rings (SSSR count). The Balaban J connectivity index is 1.44. The molecule has 7 nitrogen and oxygen atoms in total. The average molecular weight is 399 g/mol. The van der Waals surface area contributed by atoms with Crippen LogP contribution in [0.5, 0.6) is 5.75 Å². The molecule has 146 valence electrons. The number of fused-ring (bicyclic) bond motifs is 1. The normalized spacial score (nSPS) is 15.2. The van der Waals surface area contributed by atoms with Gasteiger partial charge in [-0.3, -0.25) is 25.2 Å². The number of amides is 3. The van der Waals surface area contributed by atoms with Gasteiger partial charge in [0.25, 0.3) is 5.91 Å². The second-order valence-electron chi connectivity index (χ2n) is 6.50. The SMILES string of the molecule is Cc1cc(C)cc(OCC(=O)NNC(=O)C[C@@H]2Sc3ccccc3NC2=O)c1. The first-order chi connectivity index (χ1) is 13.4. The standard InChI is InChI=1S/C20H21N3O4S/c1-12-7-13(2)9-14(8-12)27-11-19(25)23-22-18(24)10-17-20(26)21-15-5-3-4-6-16(15)28-17/h3-9,17H,10-11H2,1-2H3,(H,21,26)(H,22,24)(H,23,25)/t17-/m0/s1. The Kier molecular flexibility index (Phi) is 6.20. The fourth-order valence-corrected chi connectivity index (χ4v) is 3.90. The zero-order valence-corrected chi connectivity index (χ0v) is 16.4. The lowest BCUT2D eigenvalue weighted by Gasteiger charge is -2.23. The Labute approximate surface area is 167 Å². The van der Waals surface area contributed by atoms with Crippen LogP contribution in [0, 0.1) is 13.8 Å². The van der Waals surface area contributed by atoms with E-state index in [-0.39, 0.29) is 18.9 Å². The number of hydrogen-bond acceptors (Lipinski definition) is 5. The van der Waals surface area contributed by atoms with Crippen molar-refractivity contribution in [3.63, 3.8) is 0 Å². The molecule has 0 aromatic heterocycles. The van der Waals surface area contributed by atoms with Crippen LogP contribution in [0.3, 0.4) is 0 Å². The van der Waals surface area contributed by atoms with Gasteiger partial charge in [0.15, 0.2) is 6.61 Å². The zero-order valence-electron chi connectivity index (χ0n) is 15.6. The van der Waals surface area contributed by atoms with Crippen LogP contribution in [0.4, 0.5) is 5.69 Å². The van der Waals surface area contributed by atoms with Gasteiger partial charge in [-0.2, -0.15) is 0 Å². The third kappa shape index (κ3) is 5.26. The number of carbonyl (C=O) groups is 3. The summed E-state index contributed by atoms with van der Waals surface area (Å²) >= 11 is 1.33. The van der Waals surface area contributed by atoms with Gasteiger partial charge in [0.1, 0.15) is 5.75 Å². The third-order valence-electron chi connectivity index (χ3n) is 3.98. The number of hydrogen-bond donors (Lipinski definition) is 3.